The monoisotopic (exact) mass is 265 g/mol. The van der Waals surface area contributed by atoms with Crippen LogP contribution < -0.4 is 0 Å². The Bertz CT molecular complexity index is 302. The summed E-state index contributed by atoms with van der Waals surface area (Å²) in [5, 5.41) is 8.47. The van der Waals surface area contributed by atoms with E-state index in [-0.39, 0.29) is 0 Å². The summed E-state index contributed by atoms with van der Waals surface area (Å²) in [6, 6.07) is 0. The largest absolute Gasteiger partial charge is 0.358 e. The molecule has 1 N–H and O–H groups in total. The number of piperazine rings is 1. The molecule has 0 unspecified atom stereocenters. The molecule has 3 heteroatoms. The smallest absolute Gasteiger partial charge is 0.0990 e. The first-order valence-corrected chi connectivity index (χ1v) is 7.90. The van der Waals surface area contributed by atoms with Crippen molar-refractivity contribution in [2.45, 2.75) is 46.5 Å². The minimum atomic E-state index is 0.445. The zero-order valence-corrected chi connectivity index (χ0v) is 13.2. The van der Waals surface area contributed by atoms with E-state index in [1.165, 1.54) is 25.7 Å². The van der Waals surface area contributed by atoms with E-state index in [9.17, 15) is 0 Å². The van der Waals surface area contributed by atoms with Crippen LogP contribution in [0.5, 0.6) is 0 Å². The summed E-state index contributed by atoms with van der Waals surface area (Å²) in [6.45, 7) is 11.4. The van der Waals surface area contributed by atoms with E-state index >= 15 is 0 Å². The molecule has 0 aromatic carbocycles. The maximum Gasteiger partial charge on any atom is 0.0990 e. The molecule has 110 valence electrons. The van der Waals surface area contributed by atoms with Gasteiger partial charge in [0.1, 0.15) is 0 Å². The van der Waals surface area contributed by atoms with Gasteiger partial charge in [-0.1, -0.05) is 20.8 Å². The van der Waals surface area contributed by atoms with Crippen molar-refractivity contribution in [1.82, 2.24) is 9.80 Å². The lowest BCUT2D eigenvalue weighted by molar-refractivity contribution is 0.156. The molecule has 0 spiro atoms. The van der Waals surface area contributed by atoms with Crippen LogP contribution in [0.4, 0.5) is 0 Å². The van der Waals surface area contributed by atoms with Gasteiger partial charge in [-0.15, -0.1) is 0 Å². The Morgan fingerprint density at radius 1 is 0.947 bits per heavy atom. The quantitative estimate of drug-likeness (QED) is 0.583. The number of amidine groups is 1. The van der Waals surface area contributed by atoms with Crippen LogP contribution in [0, 0.1) is 22.7 Å². The number of hydrogen-bond donors (Lipinski definition) is 1. The molecule has 1 saturated heterocycles. The Morgan fingerprint density at radius 2 is 1.47 bits per heavy atom. The summed E-state index contributed by atoms with van der Waals surface area (Å²) < 4.78 is 0. The van der Waals surface area contributed by atoms with Crippen LogP contribution in [0.25, 0.3) is 0 Å². The van der Waals surface area contributed by atoms with Crippen molar-refractivity contribution in [2.75, 3.05) is 33.2 Å². The summed E-state index contributed by atoms with van der Waals surface area (Å²) in [5.41, 5.74) is 0.445. The maximum atomic E-state index is 8.47. The van der Waals surface area contributed by atoms with Crippen LogP contribution in [0.15, 0.2) is 0 Å². The molecule has 2 rings (SSSR count). The van der Waals surface area contributed by atoms with Gasteiger partial charge in [-0.25, -0.2) is 0 Å². The van der Waals surface area contributed by atoms with Crippen LogP contribution in [0.3, 0.4) is 0 Å². The van der Waals surface area contributed by atoms with E-state index in [2.05, 4.69) is 37.6 Å². The Morgan fingerprint density at radius 3 is 1.95 bits per heavy atom. The Kier molecular flexibility index (Phi) is 4.54. The molecule has 0 aromatic rings. The zero-order chi connectivity index (χ0) is 14.0. The predicted molar refractivity (Wildman–Crippen MR) is 81.7 cm³/mol. The van der Waals surface area contributed by atoms with E-state index < -0.39 is 0 Å². The fraction of sp³-hybridized carbons (Fsp3) is 0.938. The van der Waals surface area contributed by atoms with Crippen LogP contribution in [0.1, 0.15) is 46.5 Å². The molecule has 3 nitrogen and oxygen atoms in total. The molecule has 1 aliphatic heterocycles. The van der Waals surface area contributed by atoms with Gasteiger partial charge < -0.3 is 9.80 Å². The van der Waals surface area contributed by atoms with Gasteiger partial charge in [0.2, 0.25) is 0 Å². The summed E-state index contributed by atoms with van der Waals surface area (Å²) in [6.07, 6.45) is 5.08. The van der Waals surface area contributed by atoms with E-state index in [1.807, 2.05) is 0 Å². The lowest BCUT2D eigenvalue weighted by Crippen LogP contribution is -2.49. The van der Waals surface area contributed by atoms with Gasteiger partial charge in [-0.3, -0.25) is 5.41 Å². The SMILES string of the molecule is CN1CCN(C(=N)C2CCC(C(C)(C)C)CC2)CC1. The van der Waals surface area contributed by atoms with Crippen LogP contribution >= 0.6 is 0 Å². The average Bonchev–Trinajstić information content (AvgIpc) is 2.38. The summed E-state index contributed by atoms with van der Waals surface area (Å²) in [7, 11) is 2.18. The number of nitrogens with zero attached hydrogens (tertiary/aromatic N) is 2. The topological polar surface area (TPSA) is 30.3 Å². The summed E-state index contributed by atoms with van der Waals surface area (Å²) in [5.74, 6) is 2.31. The first kappa shape index (κ1) is 14.8. The molecular formula is C16H31N3. The van der Waals surface area contributed by atoms with Gasteiger partial charge >= 0.3 is 0 Å². The molecule has 1 aliphatic carbocycles. The third-order valence-corrected chi connectivity index (χ3v) is 5.18. The molecular weight excluding hydrogens is 234 g/mol. The Labute approximate surface area is 118 Å². The first-order chi connectivity index (χ1) is 8.88. The van der Waals surface area contributed by atoms with Crippen molar-refractivity contribution >= 4 is 5.84 Å². The van der Waals surface area contributed by atoms with Gasteiger partial charge in [-0.2, -0.15) is 0 Å². The second kappa shape index (κ2) is 5.82. The number of rotatable bonds is 1. The van der Waals surface area contributed by atoms with Crippen molar-refractivity contribution in [2.24, 2.45) is 17.3 Å². The zero-order valence-electron chi connectivity index (χ0n) is 13.2. The van der Waals surface area contributed by atoms with Gasteiger partial charge in [0, 0.05) is 32.1 Å². The number of likely N-dealkylation sites (N-methyl/N-ethyl adjacent to an activating group) is 1. The van der Waals surface area contributed by atoms with Crippen molar-refractivity contribution in [3.63, 3.8) is 0 Å². The predicted octanol–water partition coefficient (Wildman–Crippen LogP) is 3.06. The Balaban J connectivity index is 1.82. The van der Waals surface area contributed by atoms with Crippen LogP contribution in [-0.2, 0) is 0 Å². The molecule has 0 radical (unpaired) electrons. The fourth-order valence-electron chi connectivity index (χ4n) is 3.54. The highest BCUT2D eigenvalue weighted by Crippen LogP contribution is 2.40. The normalized spacial score (nSPS) is 30.4. The van der Waals surface area contributed by atoms with Crippen LogP contribution in [0.2, 0.25) is 0 Å². The standard InChI is InChI=1S/C16H31N3/c1-16(2,3)14-7-5-13(6-8-14)15(17)19-11-9-18(4)10-12-19/h13-14,17H,5-12H2,1-4H3. The maximum absolute atomic E-state index is 8.47. The van der Waals surface area contributed by atoms with Gasteiger partial charge in [0.05, 0.1) is 5.84 Å². The molecule has 2 fully saturated rings. The molecule has 19 heavy (non-hydrogen) atoms. The van der Waals surface area contributed by atoms with Crippen molar-refractivity contribution in [3.8, 4) is 0 Å². The first-order valence-electron chi connectivity index (χ1n) is 7.90. The van der Waals surface area contributed by atoms with Crippen molar-refractivity contribution in [1.29, 1.82) is 5.41 Å². The second-order valence-corrected chi connectivity index (χ2v) is 7.59. The highest BCUT2D eigenvalue weighted by Gasteiger charge is 2.32. The highest BCUT2D eigenvalue weighted by atomic mass is 15.3. The molecule has 2 aliphatic rings. The number of hydrogen-bond acceptors (Lipinski definition) is 2. The van der Waals surface area contributed by atoms with E-state index in [1.54, 1.807) is 0 Å². The average molecular weight is 265 g/mol. The molecule has 0 atom stereocenters. The third-order valence-electron chi connectivity index (χ3n) is 5.18. The highest BCUT2D eigenvalue weighted by molar-refractivity contribution is 5.81. The minimum absolute atomic E-state index is 0.445. The van der Waals surface area contributed by atoms with Gasteiger partial charge in [-0.05, 0) is 44.1 Å². The lowest BCUT2D eigenvalue weighted by atomic mass is 9.69. The summed E-state index contributed by atoms with van der Waals surface area (Å²) in [4.78, 5) is 4.68. The van der Waals surface area contributed by atoms with Crippen LogP contribution in [-0.4, -0.2) is 48.9 Å². The number of nitrogens with one attached hydrogen (secondary N) is 1. The Hall–Kier alpha value is -0.570. The van der Waals surface area contributed by atoms with Crippen molar-refractivity contribution in [3.05, 3.63) is 0 Å². The van der Waals surface area contributed by atoms with E-state index in [4.69, 9.17) is 5.41 Å². The molecule has 0 bridgehead atoms. The molecule has 0 amide bonds. The van der Waals surface area contributed by atoms with E-state index in [0.29, 0.717) is 11.3 Å². The second-order valence-electron chi connectivity index (χ2n) is 7.59. The summed E-state index contributed by atoms with van der Waals surface area (Å²) >= 11 is 0. The molecule has 1 saturated carbocycles. The van der Waals surface area contributed by atoms with E-state index in [0.717, 1.165) is 37.9 Å². The lowest BCUT2D eigenvalue weighted by Gasteiger charge is -2.41. The van der Waals surface area contributed by atoms with Crippen molar-refractivity contribution < 1.29 is 0 Å². The minimum Gasteiger partial charge on any atom is -0.358 e. The molecule has 1 heterocycles. The van der Waals surface area contributed by atoms with Gasteiger partial charge in [0.15, 0.2) is 0 Å². The fourth-order valence-corrected chi connectivity index (χ4v) is 3.54. The van der Waals surface area contributed by atoms with Gasteiger partial charge in [0.25, 0.3) is 0 Å². The third kappa shape index (κ3) is 3.71. The molecule has 0 aromatic heterocycles.